The quantitative estimate of drug-likeness (QED) is 0.288. The first kappa shape index (κ1) is 10.6. The minimum absolute atomic E-state index is 1.10. The van der Waals surface area contributed by atoms with Crippen molar-refractivity contribution in [1.82, 2.24) is 0 Å². The lowest BCUT2D eigenvalue weighted by molar-refractivity contribution is 1.70. The zero-order valence-corrected chi connectivity index (χ0v) is 10.6. The molecule has 4 aromatic rings. The van der Waals surface area contributed by atoms with Crippen molar-refractivity contribution in [2.24, 2.45) is 0 Å². The van der Waals surface area contributed by atoms with Gasteiger partial charge in [0.15, 0.2) is 0 Å². The van der Waals surface area contributed by atoms with Crippen LogP contribution in [0.5, 0.6) is 0 Å². The lowest BCUT2D eigenvalue weighted by Crippen LogP contribution is -1.82. The molecule has 4 aromatic carbocycles. The summed E-state index contributed by atoms with van der Waals surface area (Å²) in [5.74, 6) is 0. The Morgan fingerprint density at radius 1 is 0.579 bits per heavy atom. The molecule has 89 valence electrons. The van der Waals surface area contributed by atoms with Gasteiger partial charge in [0.25, 0.3) is 0 Å². The molecule has 0 saturated carbocycles. The molecule has 0 aliphatic carbocycles. The van der Waals surface area contributed by atoms with Crippen molar-refractivity contribution in [3.63, 3.8) is 0 Å². The molecule has 0 heterocycles. The maximum atomic E-state index is 4.18. The smallest absolute Gasteiger partial charge is 0.00730 e. The van der Waals surface area contributed by atoms with Crippen molar-refractivity contribution >= 4 is 32.3 Å². The lowest BCUT2D eigenvalue weighted by atomic mass is 9.96. The van der Waals surface area contributed by atoms with Crippen molar-refractivity contribution < 1.29 is 0 Å². The molecule has 0 N–H and O–H groups in total. The maximum absolute atomic E-state index is 4.18. The second-order valence-electron chi connectivity index (χ2n) is 5.00. The molecule has 0 amide bonds. The highest BCUT2D eigenvalue weighted by atomic mass is 14.1. The molecular weight excluding hydrogens is 228 g/mol. The van der Waals surface area contributed by atoms with Crippen molar-refractivity contribution in [1.29, 1.82) is 0 Å². The first-order valence-electron chi connectivity index (χ1n) is 6.49. The number of hydrogen-bond acceptors (Lipinski definition) is 0. The zero-order chi connectivity index (χ0) is 12.8. The second-order valence-corrected chi connectivity index (χ2v) is 5.00. The van der Waals surface area contributed by atoms with Gasteiger partial charge in [-0.15, -0.1) is 0 Å². The highest BCUT2D eigenvalue weighted by Crippen LogP contribution is 2.31. The first-order valence-corrected chi connectivity index (χ1v) is 6.49. The van der Waals surface area contributed by atoms with E-state index in [-0.39, 0.29) is 0 Å². The van der Waals surface area contributed by atoms with Gasteiger partial charge in [-0.25, -0.2) is 0 Å². The van der Waals surface area contributed by atoms with Crippen LogP contribution < -0.4 is 0 Å². The van der Waals surface area contributed by atoms with Gasteiger partial charge in [-0.1, -0.05) is 54.6 Å². The Morgan fingerprint density at radius 3 is 2.11 bits per heavy atom. The fourth-order valence-corrected chi connectivity index (χ4v) is 2.88. The standard InChI is InChI=1S/C19H13/c1-13-5-4-8-14-9-10-17-11-15-6-2-3-7-16(15)12-18(17)19(13)14/h2-12H,1H2. The monoisotopic (exact) mass is 241 g/mol. The van der Waals surface area contributed by atoms with Crippen LogP contribution >= 0.6 is 0 Å². The lowest BCUT2D eigenvalue weighted by Gasteiger charge is -2.08. The third-order valence-electron chi connectivity index (χ3n) is 3.81. The molecule has 0 unspecified atom stereocenters. The van der Waals surface area contributed by atoms with E-state index < -0.39 is 0 Å². The van der Waals surface area contributed by atoms with E-state index in [0.29, 0.717) is 0 Å². The molecule has 0 bridgehead atoms. The molecular formula is C19H13. The molecule has 0 fully saturated rings. The van der Waals surface area contributed by atoms with Gasteiger partial charge in [-0.05, 0) is 56.9 Å². The van der Waals surface area contributed by atoms with E-state index in [0.717, 1.165) is 5.56 Å². The van der Waals surface area contributed by atoms with Crippen molar-refractivity contribution in [3.05, 3.63) is 79.2 Å². The average molecular weight is 241 g/mol. The number of rotatable bonds is 0. The Labute approximate surface area is 112 Å². The van der Waals surface area contributed by atoms with Crippen LogP contribution in [0, 0.1) is 6.92 Å². The van der Waals surface area contributed by atoms with Gasteiger partial charge in [0.1, 0.15) is 0 Å². The minimum atomic E-state index is 1.10. The zero-order valence-electron chi connectivity index (χ0n) is 10.6. The molecule has 0 saturated heterocycles. The summed E-state index contributed by atoms with van der Waals surface area (Å²) in [6, 6.07) is 23.7. The Bertz CT molecular complexity index is 917. The summed E-state index contributed by atoms with van der Waals surface area (Å²) < 4.78 is 0. The summed E-state index contributed by atoms with van der Waals surface area (Å²) in [6.07, 6.45) is 0. The van der Waals surface area contributed by atoms with Crippen LogP contribution in [0.3, 0.4) is 0 Å². The molecule has 0 aromatic heterocycles. The van der Waals surface area contributed by atoms with Gasteiger partial charge in [-0.2, -0.15) is 0 Å². The number of benzene rings is 4. The summed E-state index contributed by atoms with van der Waals surface area (Å²) in [7, 11) is 0. The molecule has 0 nitrogen and oxygen atoms in total. The fourth-order valence-electron chi connectivity index (χ4n) is 2.88. The Kier molecular flexibility index (Phi) is 2.13. The van der Waals surface area contributed by atoms with Gasteiger partial charge in [-0.3, -0.25) is 0 Å². The molecule has 0 heteroatoms. The number of hydrogen-bond donors (Lipinski definition) is 0. The van der Waals surface area contributed by atoms with Crippen LogP contribution in [-0.4, -0.2) is 0 Å². The van der Waals surface area contributed by atoms with Crippen LogP contribution in [0.4, 0.5) is 0 Å². The largest absolute Gasteiger partial charge is 0.0616 e. The van der Waals surface area contributed by atoms with Crippen LogP contribution in [-0.2, 0) is 0 Å². The van der Waals surface area contributed by atoms with Crippen LogP contribution in [0.15, 0.2) is 66.7 Å². The molecule has 4 rings (SSSR count). The normalized spacial score (nSPS) is 11.4. The minimum Gasteiger partial charge on any atom is -0.0616 e. The van der Waals surface area contributed by atoms with E-state index in [1.165, 1.54) is 32.3 Å². The topological polar surface area (TPSA) is 0 Å². The second kappa shape index (κ2) is 3.83. The third kappa shape index (κ3) is 1.53. The van der Waals surface area contributed by atoms with Gasteiger partial charge in [0, 0.05) is 0 Å². The van der Waals surface area contributed by atoms with E-state index in [1.807, 2.05) is 0 Å². The first-order chi connectivity index (χ1) is 9.33. The highest BCUT2D eigenvalue weighted by Gasteiger charge is 2.04. The van der Waals surface area contributed by atoms with Crippen molar-refractivity contribution in [3.8, 4) is 0 Å². The number of fused-ring (bicyclic) bond motifs is 4. The third-order valence-corrected chi connectivity index (χ3v) is 3.81. The van der Waals surface area contributed by atoms with E-state index in [4.69, 9.17) is 0 Å². The molecule has 19 heavy (non-hydrogen) atoms. The van der Waals surface area contributed by atoms with Gasteiger partial charge in [0.05, 0.1) is 0 Å². The van der Waals surface area contributed by atoms with E-state index in [2.05, 4.69) is 73.7 Å². The SMILES string of the molecule is [CH2]c1cccc2ccc3cc4ccccc4cc3c12. The van der Waals surface area contributed by atoms with E-state index in [1.54, 1.807) is 0 Å². The molecule has 0 aliphatic rings. The van der Waals surface area contributed by atoms with Crippen molar-refractivity contribution in [2.75, 3.05) is 0 Å². The molecule has 0 aliphatic heterocycles. The van der Waals surface area contributed by atoms with E-state index in [9.17, 15) is 0 Å². The summed E-state index contributed by atoms with van der Waals surface area (Å²) in [6.45, 7) is 4.18. The maximum Gasteiger partial charge on any atom is -0.00730 e. The van der Waals surface area contributed by atoms with Crippen LogP contribution in [0.2, 0.25) is 0 Å². The summed E-state index contributed by atoms with van der Waals surface area (Å²) in [5, 5.41) is 7.67. The Balaban J connectivity index is 2.29. The van der Waals surface area contributed by atoms with Gasteiger partial charge < -0.3 is 0 Å². The van der Waals surface area contributed by atoms with Crippen molar-refractivity contribution in [2.45, 2.75) is 0 Å². The van der Waals surface area contributed by atoms with Gasteiger partial charge in [0.2, 0.25) is 0 Å². The highest BCUT2D eigenvalue weighted by molar-refractivity contribution is 6.13. The van der Waals surface area contributed by atoms with Crippen LogP contribution in [0.1, 0.15) is 5.56 Å². The Hall–Kier alpha value is -2.34. The average Bonchev–Trinajstić information content (AvgIpc) is 2.45. The predicted molar refractivity (Wildman–Crippen MR) is 83.4 cm³/mol. The molecule has 0 atom stereocenters. The van der Waals surface area contributed by atoms with E-state index >= 15 is 0 Å². The predicted octanol–water partition coefficient (Wildman–Crippen LogP) is 5.33. The Morgan fingerprint density at radius 2 is 1.26 bits per heavy atom. The summed E-state index contributed by atoms with van der Waals surface area (Å²) in [4.78, 5) is 0. The summed E-state index contributed by atoms with van der Waals surface area (Å²) >= 11 is 0. The van der Waals surface area contributed by atoms with Crippen LogP contribution in [0.25, 0.3) is 32.3 Å². The molecule has 0 spiro atoms. The molecule has 1 radical (unpaired) electrons. The summed E-state index contributed by atoms with van der Waals surface area (Å²) in [5.41, 5.74) is 1.10. The fraction of sp³-hybridized carbons (Fsp3) is 0. The van der Waals surface area contributed by atoms with Gasteiger partial charge >= 0.3 is 0 Å².